The second-order valence-electron chi connectivity index (χ2n) is 3.52. The average molecular weight is 221 g/mol. The Morgan fingerprint density at radius 1 is 1.56 bits per heavy atom. The van der Waals surface area contributed by atoms with E-state index < -0.39 is 4.92 Å². The molecule has 1 N–H and O–H groups in total. The molecule has 0 bridgehead atoms. The van der Waals surface area contributed by atoms with E-state index in [0.29, 0.717) is 5.69 Å². The molecule has 1 aromatic rings. The quantitative estimate of drug-likeness (QED) is 0.471. The van der Waals surface area contributed by atoms with Crippen LogP contribution in [0, 0.1) is 10.1 Å². The van der Waals surface area contributed by atoms with E-state index in [9.17, 15) is 10.1 Å². The molecule has 5 heteroatoms. The van der Waals surface area contributed by atoms with Gasteiger partial charge in [-0.05, 0) is 19.4 Å². The Morgan fingerprint density at radius 2 is 2.31 bits per heavy atom. The number of hydrazone groups is 1. The molecule has 0 spiro atoms. The van der Waals surface area contributed by atoms with Crippen molar-refractivity contribution in [1.82, 2.24) is 0 Å². The lowest BCUT2D eigenvalue weighted by Gasteiger charge is -2.02. The van der Waals surface area contributed by atoms with Gasteiger partial charge in [0.15, 0.2) is 0 Å². The largest absolute Gasteiger partial charge is 0.278 e. The first kappa shape index (κ1) is 12.2. The number of hydrogen-bond donors (Lipinski definition) is 1. The smallest absolute Gasteiger partial charge is 0.271 e. The normalized spacial score (nSPS) is 11.2. The number of nitrogens with one attached hydrogen (secondary N) is 1. The molecule has 0 heterocycles. The number of benzene rings is 1. The van der Waals surface area contributed by atoms with Crippen molar-refractivity contribution in [3.05, 3.63) is 34.4 Å². The second kappa shape index (κ2) is 5.85. The first-order valence-electron chi connectivity index (χ1n) is 5.17. The highest BCUT2D eigenvalue weighted by Crippen LogP contribution is 2.16. The maximum Gasteiger partial charge on any atom is 0.271 e. The minimum absolute atomic E-state index is 0.0633. The van der Waals surface area contributed by atoms with Crippen LogP contribution >= 0.6 is 0 Å². The third-order valence-electron chi connectivity index (χ3n) is 2.04. The summed E-state index contributed by atoms with van der Waals surface area (Å²) in [7, 11) is 0. The van der Waals surface area contributed by atoms with Gasteiger partial charge in [0.1, 0.15) is 0 Å². The van der Waals surface area contributed by atoms with Crippen LogP contribution in [0.25, 0.3) is 0 Å². The van der Waals surface area contributed by atoms with E-state index in [2.05, 4.69) is 17.5 Å². The van der Waals surface area contributed by atoms with E-state index in [1.165, 1.54) is 12.1 Å². The second-order valence-corrected chi connectivity index (χ2v) is 3.52. The molecule has 0 saturated carbocycles. The molecule has 86 valence electrons. The summed E-state index contributed by atoms with van der Waals surface area (Å²) in [5, 5.41) is 14.7. The molecule has 0 aliphatic heterocycles. The zero-order chi connectivity index (χ0) is 12.0. The SMILES string of the molecule is CCC/C(C)=N\Nc1cccc([N+](=O)[O-])c1. The van der Waals surface area contributed by atoms with Crippen molar-refractivity contribution in [3.8, 4) is 0 Å². The number of non-ortho nitro benzene ring substituents is 1. The third kappa shape index (κ3) is 3.68. The van der Waals surface area contributed by atoms with Crippen molar-refractivity contribution in [1.29, 1.82) is 0 Å². The Bertz CT molecular complexity index is 402. The van der Waals surface area contributed by atoms with Gasteiger partial charge in [0.05, 0.1) is 10.6 Å². The van der Waals surface area contributed by atoms with Gasteiger partial charge in [0, 0.05) is 17.8 Å². The Hall–Kier alpha value is -1.91. The van der Waals surface area contributed by atoms with E-state index in [1.54, 1.807) is 12.1 Å². The molecule has 1 rings (SSSR count). The summed E-state index contributed by atoms with van der Waals surface area (Å²) in [6.07, 6.45) is 1.95. The maximum atomic E-state index is 10.5. The summed E-state index contributed by atoms with van der Waals surface area (Å²) in [6.45, 7) is 4.00. The molecule has 0 saturated heterocycles. The van der Waals surface area contributed by atoms with Gasteiger partial charge in [-0.1, -0.05) is 19.4 Å². The van der Waals surface area contributed by atoms with Crippen molar-refractivity contribution >= 4 is 17.1 Å². The molecule has 1 aromatic carbocycles. The van der Waals surface area contributed by atoms with Crippen molar-refractivity contribution in [2.24, 2.45) is 5.10 Å². The maximum absolute atomic E-state index is 10.5. The monoisotopic (exact) mass is 221 g/mol. The van der Waals surface area contributed by atoms with Crippen LogP contribution in [0.3, 0.4) is 0 Å². The van der Waals surface area contributed by atoms with Gasteiger partial charge in [-0.3, -0.25) is 15.5 Å². The van der Waals surface area contributed by atoms with Crippen LogP contribution in [0.15, 0.2) is 29.4 Å². The molecular weight excluding hydrogens is 206 g/mol. The number of nitro benzene ring substituents is 1. The highest BCUT2D eigenvalue weighted by Gasteiger charge is 2.04. The van der Waals surface area contributed by atoms with E-state index >= 15 is 0 Å². The molecule has 0 fully saturated rings. The van der Waals surface area contributed by atoms with Gasteiger partial charge in [0.2, 0.25) is 0 Å². The van der Waals surface area contributed by atoms with E-state index in [0.717, 1.165) is 18.6 Å². The summed E-state index contributed by atoms with van der Waals surface area (Å²) in [5.41, 5.74) is 4.48. The van der Waals surface area contributed by atoms with E-state index in [1.807, 2.05) is 6.92 Å². The molecule has 0 unspecified atom stereocenters. The van der Waals surface area contributed by atoms with Crippen molar-refractivity contribution in [2.45, 2.75) is 26.7 Å². The Kier molecular flexibility index (Phi) is 4.44. The molecular formula is C11H15N3O2. The topological polar surface area (TPSA) is 67.5 Å². The molecule has 0 aliphatic rings. The van der Waals surface area contributed by atoms with Gasteiger partial charge in [-0.2, -0.15) is 5.10 Å². The predicted octanol–water partition coefficient (Wildman–Crippen LogP) is 3.18. The van der Waals surface area contributed by atoms with E-state index in [-0.39, 0.29) is 5.69 Å². The zero-order valence-electron chi connectivity index (χ0n) is 9.43. The molecule has 0 radical (unpaired) electrons. The third-order valence-corrected chi connectivity index (χ3v) is 2.04. The van der Waals surface area contributed by atoms with Crippen LogP contribution in [0.2, 0.25) is 0 Å². The summed E-state index contributed by atoms with van der Waals surface area (Å²) in [5.74, 6) is 0. The Morgan fingerprint density at radius 3 is 2.94 bits per heavy atom. The van der Waals surface area contributed by atoms with Crippen LogP contribution < -0.4 is 5.43 Å². The lowest BCUT2D eigenvalue weighted by molar-refractivity contribution is -0.384. The summed E-state index contributed by atoms with van der Waals surface area (Å²) >= 11 is 0. The molecule has 5 nitrogen and oxygen atoms in total. The first-order valence-corrected chi connectivity index (χ1v) is 5.17. The van der Waals surface area contributed by atoms with Crippen molar-refractivity contribution in [3.63, 3.8) is 0 Å². The van der Waals surface area contributed by atoms with Gasteiger partial charge in [-0.15, -0.1) is 0 Å². The van der Waals surface area contributed by atoms with Crippen molar-refractivity contribution < 1.29 is 4.92 Å². The highest BCUT2D eigenvalue weighted by atomic mass is 16.6. The highest BCUT2D eigenvalue weighted by molar-refractivity contribution is 5.82. The lowest BCUT2D eigenvalue weighted by Crippen LogP contribution is -1.97. The Labute approximate surface area is 94.3 Å². The summed E-state index contributed by atoms with van der Waals surface area (Å²) < 4.78 is 0. The zero-order valence-corrected chi connectivity index (χ0v) is 9.43. The minimum Gasteiger partial charge on any atom is -0.278 e. The standard InChI is InChI=1S/C11H15N3O2/c1-3-5-9(2)12-13-10-6-4-7-11(8-10)14(15)16/h4,6-8,13H,3,5H2,1-2H3/b12-9-. The number of hydrogen-bond acceptors (Lipinski definition) is 4. The van der Waals surface area contributed by atoms with Crippen LogP contribution in [-0.4, -0.2) is 10.6 Å². The number of anilines is 1. The molecule has 16 heavy (non-hydrogen) atoms. The fraction of sp³-hybridized carbons (Fsp3) is 0.364. The molecule has 0 atom stereocenters. The fourth-order valence-electron chi connectivity index (χ4n) is 1.27. The van der Waals surface area contributed by atoms with Gasteiger partial charge in [-0.25, -0.2) is 0 Å². The summed E-state index contributed by atoms with van der Waals surface area (Å²) in [4.78, 5) is 10.1. The molecule has 0 aliphatic carbocycles. The number of rotatable bonds is 5. The fourth-order valence-corrected chi connectivity index (χ4v) is 1.27. The first-order chi connectivity index (χ1) is 7.63. The van der Waals surface area contributed by atoms with Crippen LogP contribution in [0.1, 0.15) is 26.7 Å². The molecule has 0 aromatic heterocycles. The van der Waals surface area contributed by atoms with Gasteiger partial charge in [0.25, 0.3) is 5.69 Å². The average Bonchev–Trinajstić information content (AvgIpc) is 2.27. The van der Waals surface area contributed by atoms with Crippen LogP contribution in [0.4, 0.5) is 11.4 Å². The molecule has 0 amide bonds. The van der Waals surface area contributed by atoms with Crippen LogP contribution in [0.5, 0.6) is 0 Å². The van der Waals surface area contributed by atoms with Crippen molar-refractivity contribution in [2.75, 3.05) is 5.43 Å². The number of nitro groups is 1. The Balaban J connectivity index is 2.71. The van der Waals surface area contributed by atoms with Gasteiger partial charge >= 0.3 is 0 Å². The predicted molar refractivity (Wildman–Crippen MR) is 64.7 cm³/mol. The van der Waals surface area contributed by atoms with Crippen LogP contribution in [-0.2, 0) is 0 Å². The van der Waals surface area contributed by atoms with E-state index in [4.69, 9.17) is 0 Å². The summed E-state index contributed by atoms with van der Waals surface area (Å²) in [6, 6.07) is 6.29. The van der Waals surface area contributed by atoms with Gasteiger partial charge < -0.3 is 0 Å². The minimum atomic E-state index is -0.423. The number of nitrogens with zero attached hydrogens (tertiary/aromatic N) is 2. The lowest BCUT2D eigenvalue weighted by atomic mass is 10.2.